The van der Waals surface area contributed by atoms with E-state index < -0.39 is 18.0 Å². The monoisotopic (exact) mass is 396 g/mol. The van der Waals surface area contributed by atoms with Gasteiger partial charge in [0.2, 0.25) is 5.78 Å². The molecule has 1 saturated carbocycles. The molecule has 0 aromatic heterocycles. The Labute approximate surface area is 165 Å². The maximum Gasteiger partial charge on any atom is 0.305 e. The molecule has 5 atom stereocenters. The summed E-state index contributed by atoms with van der Waals surface area (Å²) in [4.78, 5) is 12.1. The molecule has 1 unspecified atom stereocenters. The number of carbonyl (C=O) groups is 1. The van der Waals surface area contributed by atoms with Crippen LogP contribution in [-0.4, -0.2) is 35.3 Å². The fourth-order valence-electron chi connectivity index (χ4n) is 4.49. The van der Waals surface area contributed by atoms with E-state index >= 15 is 0 Å². The summed E-state index contributed by atoms with van der Waals surface area (Å²) in [6.45, 7) is 2.27. The van der Waals surface area contributed by atoms with Crippen LogP contribution in [-0.2, 0) is 20.9 Å². The number of hydrogen-bond acceptors (Lipinski definition) is 4. The molecule has 0 amide bonds. The molecule has 1 heterocycles. The lowest BCUT2D eigenvalue weighted by Crippen LogP contribution is -2.31. The highest BCUT2D eigenvalue weighted by atomic mass is 19.3. The fourth-order valence-corrected chi connectivity index (χ4v) is 4.49. The Bertz CT molecular complexity index is 637. The minimum absolute atomic E-state index is 0.0489. The normalized spacial score (nSPS) is 29.8. The van der Waals surface area contributed by atoms with Crippen LogP contribution in [0.2, 0.25) is 0 Å². The van der Waals surface area contributed by atoms with Crippen molar-refractivity contribution < 1.29 is 28.2 Å². The van der Waals surface area contributed by atoms with Crippen LogP contribution in [0.25, 0.3) is 0 Å². The van der Waals surface area contributed by atoms with Crippen LogP contribution in [0.1, 0.15) is 57.4 Å². The van der Waals surface area contributed by atoms with Crippen molar-refractivity contribution in [2.75, 3.05) is 0 Å². The molecule has 2 aliphatic rings. The second-order valence-electron chi connectivity index (χ2n) is 8.03. The first kappa shape index (κ1) is 21.3. The third kappa shape index (κ3) is 5.16. The average Bonchev–Trinajstić information content (AvgIpc) is 3.19. The molecule has 6 heteroatoms. The van der Waals surface area contributed by atoms with Gasteiger partial charge in [-0.15, -0.1) is 0 Å². The summed E-state index contributed by atoms with van der Waals surface area (Å²) in [6.07, 6.45) is 0.791. The quantitative estimate of drug-likeness (QED) is 0.633. The standard InChI is InChI=1S/C22H30F2O4/c1-2-3-11-22(23,24)20(25)10-9-16-17-12-21(26)28-19(17)13-18(16)27-14-15-7-5-4-6-8-15/h4-8,16-19,21,26H,2-3,9-14H2,1H3/t16-,17-,18-,19+,21?/m1/s1. The first-order valence-corrected chi connectivity index (χ1v) is 10.3. The lowest BCUT2D eigenvalue weighted by Gasteiger charge is -2.25. The van der Waals surface area contributed by atoms with Crippen molar-refractivity contribution in [1.82, 2.24) is 0 Å². The highest BCUT2D eigenvalue weighted by Gasteiger charge is 2.50. The number of Topliss-reactive ketones (excluding diaryl/α,β-unsaturated/α-hetero) is 1. The largest absolute Gasteiger partial charge is 0.373 e. The van der Waals surface area contributed by atoms with Crippen LogP contribution in [0.15, 0.2) is 30.3 Å². The number of unbranched alkanes of at least 4 members (excludes halogenated alkanes) is 1. The lowest BCUT2D eigenvalue weighted by molar-refractivity contribution is -0.144. The van der Waals surface area contributed by atoms with E-state index in [-0.39, 0.29) is 36.9 Å². The Kier molecular flexibility index (Phi) is 7.18. The molecule has 1 saturated heterocycles. The maximum absolute atomic E-state index is 14.0. The van der Waals surface area contributed by atoms with Crippen LogP contribution < -0.4 is 0 Å². The van der Waals surface area contributed by atoms with E-state index in [2.05, 4.69) is 0 Å². The molecule has 2 fully saturated rings. The summed E-state index contributed by atoms with van der Waals surface area (Å²) in [6, 6.07) is 9.77. The lowest BCUT2D eigenvalue weighted by atomic mass is 9.86. The van der Waals surface area contributed by atoms with E-state index in [1.165, 1.54) is 0 Å². The van der Waals surface area contributed by atoms with Crippen molar-refractivity contribution in [3.05, 3.63) is 35.9 Å². The number of fused-ring (bicyclic) bond motifs is 1. The molecule has 3 rings (SSSR count). The molecule has 0 bridgehead atoms. The third-order valence-corrected chi connectivity index (χ3v) is 6.04. The number of carbonyl (C=O) groups excluding carboxylic acids is 1. The van der Waals surface area contributed by atoms with Crippen molar-refractivity contribution in [3.63, 3.8) is 0 Å². The zero-order valence-electron chi connectivity index (χ0n) is 16.4. The first-order chi connectivity index (χ1) is 13.4. The van der Waals surface area contributed by atoms with E-state index in [0.29, 0.717) is 38.7 Å². The number of halogens is 2. The van der Waals surface area contributed by atoms with Gasteiger partial charge >= 0.3 is 5.92 Å². The average molecular weight is 396 g/mol. The Morgan fingerprint density at radius 2 is 2.04 bits per heavy atom. The molecule has 0 spiro atoms. The van der Waals surface area contributed by atoms with Gasteiger partial charge in [-0.05, 0) is 30.2 Å². The van der Waals surface area contributed by atoms with Crippen LogP contribution in [0.5, 0.6) is 0 Å². The summed E-state index contributed by atoms with van der Waals surface area (Å²) in [5.74, 6) is -4.24. The van der Waals surface area contributed by atoms with Crippen LogP contribution >= 0.6 is 0 Å². The number of ketones is 1. The van der Waals surface area contributed by atoms with Crippen molar-refractivity contribution in [1.29, 1.82) is 0 Å². The molecule has 1 N–H and O–H groups in total. The van der Waals surface area contributed by atoms with Crippen molar-refractivity contribution in [3.8, 4) is 0 Å². The van der Waals surface area contributed by atoms with Gasteiger partial charge in [-0.2, -0.15) is 8.78 Å². The van der Waals surface area contributed by atoms with Gasteiger partial charge in [0.15, 0.2) is 6.29 Å². The first-order valence-electron chi connectivity index (χ1n) is 10.3. The molecule has 1 aliphatic carbocycles. The Morgan fingerprint density at radius 1 is 1.29 bits per heavy atom. The van der Waals surface area contributed by atoms with Gasteiger partial charge in [0, 0.05) is 25.7 Å². The number of benzene rings is 1. The predicted molar refractivity (Wildman–Crippen MR) is 101 cm³/mol. The highest BCUT2D eigenvalue weighted by Crippen LogP contribution is 2.46. The molecular formula is C22H30F2O4. The smallest absolute Gasteiger partial charge is 0.305 e. The van der Waals surface area contributed by atoms with E-state index in [1.54, 1.807) is 0 Å². The summed E-state index contributed by atoms with van der Waals surface area (Å²) in [5, 5.41) is 9.80. The third-order valence-electron chi connectivity index (χ3n) is 6.04. The number of aliphatic hydroxyl groups is 1. The number of alkyl halides is 2. The van der Waals surface area contributed by atoms with E-state index in [0.717, 1.165) is 5.56 Å². The van der Waals surface area contributed by atoms with Gasteiger partial charge < -0.3 is 14.6 Å². The van der Waals surface area contributed by atoms with Crippen LogP contribution in [0.3, 0.4) is 0 Å². The number of ether oxygens (including phenoxy) is 2. The Morgan fingerprint density at radius 3 is 2.75 bits per heavy atom. The maximum atomic E-state index is 14.0. The van der Waals surface area contributed by atoms with Gasteiger partial charge in [0.05, 0.1) is 18.8 Å². The second-order valence-corrected chi connectivity index (χ2v) is 8.03. The number of hydrogen-bond donors (Lipinski definition) is 1. The molecule has 0 radical (unpaired) electrons. The predicted octanol–water partition coefficient (Wildman–Crippen LogP) is 4.49. The zero-order valence-corrected chi connectivity index (χ0v) is 16.4. The Hall–Kier alpha value is -1.37. The van der Waals surface area contributed by atoms with Gasteiger partial charge in [0.25, 0.3) is 0 Å². The summed E-state index contributed by atoms with van der Waals surface area (Å²) in [7, 11) is 0. The zero-order chi connectivity index (χ0) is 20.1. The van der Waals surface area contributed by atoms with E-state index in [4.69, 9.17) is 9.47 Å². The van der Waals surface area contributed by atoms with E-state index in [9.17, 15) is 18.7 Å². The van der Waals surface area contributed by atoms with Crippen molar-refractivity contribution in [2.45, 2.75) is 82.9 Å². The SMILES string of the molecule is CCCCC(F)(F)C(=O)CC[C@@H]1[C@H]2CC(O)O[C@H]2C[C@H]1OCc1ccccc1. The molecule has 28 heavy (non-hydrogen) atoms. The van der Waals surface area contributed by atoms with Gasteiger partial charge in [-0.25, -0.2) is 0 Å². The number of rotatable bonds is 10. The molecule has 1 aromatic carbocycles. The molecular weight excluding hydrogens is 366 g/mol. The minimum Gasteiger partial charge on any atom is -0.373 e. The molecule has 156 valence electrons. The van der Waals surface area contributed by atoms with Gasteiger partial charge in [-0.1, -0.05) is 43.7 Å². The molecule has 4 nitrogen and oxygen atoms in total. The summed E-state index contributed by atoms with van der Waals surface area (Å²) in [5.41, 5.74) is 1.04. The van der Waals surface area contributed by atoms with Crippen LogP contribution in [0, 0.1) is 11.8 Å². The van der Waals surface area contributed by atoms with Crippen molar-refractivity contribution in [2.24, 2.45) is 11.8 Å². The summed E-state index contributed by atoms with van der Waals surface area (Å²) < 4.78 is 39.7. The van der Waals surface area contributed by atoms with Crippen molar-refractivity contribution >= 4 is 5.78 Å². The minimum atomic E-state index is -3.25. The second kappa shape index (κ2) is 9.42. The number of aliphatic hydroxyl groups excluding tert-OH is 1. The molecule has 1 aromatic rings. The topological polar surface area (TPSA) is 55.8 Å². The van der Waals surface area contributed by atoms with Gasteiger partial charge in [0.1, 0.15) is 0 Å². The highest BCUT2D eigenvalue weighted by molar-refractivity contribution is 5.85. The summed E-state index contributed by atoms with van der Waals surface area (Å²) >= 11 is 0. The Balaban J connectivity index is 1.60. The molecule has 1 aliphatic heterocycles. The fraction of sp³-hybridized carbons (Fsp3) is 0.682. The van der Waals surface area contributed by atoms with Crippen LogP contribution in [0.4, 0.5) is 8.78 Å². The van der Waals surface area contributed by atoms with Gasteiger partial charge in [-0.3, -0.25) is 4.79 Å². The van der Waals surface area contributed by atoms with E-state index in [1.807, 2.05) is 37.3 Å².